The highest BCUT2D eigenvalue weighted by atomic mass is 16.4. The minimum absolute atomic E-state index is 0.366. The third kappa shape index (κ3) is 3.56. The van der Waals surface area contributed by atoms with E-state index in [9.17, 15) is 4.79 Å². The van der Waals surface area contributed by atoms with Crippen molar-refractivity contribution >= 4 is 5.97 Å². The van der Waals surface area contributed by atoms with Crippen LogP contribution in [-0.2, 0) is 6.54 Å². The van der Waals surface area contributed by atoms with Crippen LogP contribution >= 0.6 is 0 Å². The maximum atomic E-state index is 10.8. The second-order valence-electron chi connectivity index (χ2n) is 4.79. The number of carboxylic acids is 1. The molecule has 0 amide bonds. The van der Waals surface area contributed by atoms with Gasteiger partial charge >= 0.3 is 5.97 Å². The molecule has 0 bridgehead atoms. The van der Waals surface area contributed by atoms with Crippen LogP contribution in [0.15, 0.2) is 24.3 Å². The molecule has 92 valence electrons. The number of nitrogens with one attached hydrogen (secondary N) is 1. The zero-order chi connectivity index (χ0) is 12.1. The van der Waals surface area contributed by atoms with E-state index < -0.39 is 5.97 Å². The lowest BCUT2D eigenvalue weighted by Crippen LogP contribution is -2.20. The first-order valence-corrected chi connectivity index (χ1v) is 6.28. The van der Waals surface area contributed by atoms with Gasteiger partial charge in [0.2, 0.25) is 0 Å². The highest BCUT2D eigenvalue weighted by Crippen LogP contribution is 2.23. The summed E-state index contributed by atoms with van der Waals surface area (Å²) in [6.45, 7) is 1.81. The minimum atomic E-state index is -0.859. The van der Waals surface area contributed by atoms with Crippen molar-refractivity contribution in [1.82, 2.24) is 5.32 Å². The van der Waals surface area contributed by atoms with E-state index in [1.165, 1.54) is 25.7 Å². The van der Waals surface area contributed by atoms with Crippen molar-refractivity contribution < 1.29 is 9.90 Å². The molecule has 0 unspecified atom stereocenters. The number of aromatic carboxylic acids is 1. The summed E-state index contributed by atoms with van der Waals surface area (Å²) in [4.78, 5) is 10.8. The van der Waals surface area contributed by atoms with Gasteiger partial charge in [-0.15, -0.1) is 0 Å². The van der Waals surface area contributed by atoms with Crippen molar-refractivity contribution in [3.63, 3.8) is 0 Å². The van der Waals surface area contributed by atoms with E-state index in [0.717, 1.165) is 24.6 Å². The summed E-state index contributed by atoms with van der Waals surface area (Å²) in [5.41, 5.74) is 1.41. The van der Waals surface area contributed by atoms with E-state index in [-0.39, 0.29) is 0 Å². The third-order valence-electron chi connectivity index (χ3n) is 3.41. The van der Waals surface area contributed by atoms with Crippen LogP contribution in [0.2, 0.25) is 0 Å². The Kier molecular flexibility index (Phi) is 4.15. The van der Waals surface area contributed by atoms with Gasteiger partial charge in [0.05, 0.1) is 5.56 Å². The second kappa shape index (κ2) is 5.82. The number of rotatable bonds is 5. The molecule has 1 aromatic carbocycles. The number of hydrogen-bond acceptors (Lipinski definition) is 2. The van der Waals surface area contributed by atoms with E-state index >= 15 is 0 Å². The SMILES string of the molecule is O=C(O)c1cccc(CNCC2CCCC2)c1. The van der Waals surface area contributed by atoms with Gasteiger partial charge in [0.1, 0.15) is 0 Å². The number of carboxylic acid groups (broad SMARTS) is 1. The molecular formula is C14H19NO2. The average Bonchev–Trinajstić information content (AvgIpc) is 2.82. The summed E-state index contributed by atoms with van der Waals surface area (Å²) in [6.07, 6.45) is 5.39. The van der Waals surface area contributed by atoms with Crippen LogP contribution in [0, 0.1) is 5.92 Å². The van der Waals surface area contributed by atoms with Gasteiger partial charge in [-0.3, -0.25) is 0 Å². The van der Waals surface area contributed by atoms with Gasteiger partial charge in [-0.05, 0) is 43.0 Å². The highest BCUT2D eigenvalue weighted by Gasteiger charge is 2.13. The van der Waals surface area contributed by atoms with Gasteiger partial charge in [-0.25, -0.2) is 4.79 Å². The summed E-state index contributed by atoms with van der Waals surface area (Å²) in [5.74, 6) is -0.0414. The quantitative estimate of drug-likeness (QED) is 0.822. The first-order chi connectivity index (χ1) is 8.25. The Morgan fingerprint density at radius 3 is 2.82 bits per heavy atom. The standard InChI is InChI=1S/C14H19NO2/c16-14(17)13-7-3-6-12(8-13)10-15-9-11-4-1-2-5-11/h3,6-8,11,15H,1-2,4-5,9-10H2,(H,16,17). The fraction of sp³-hybridized carbons (Fsp3) is 0.500. The largest absolute Gasteiger partial charge is 0.478 e. The Balaban J connectivity index is 1.81. The molecule has 0 aliphatic heterocycles. The van der Waals surface area contributed by atoms with Gasteiger partial charge in [0, 0.05) is 6.54 Å². The van der Waals surface area contributed by atoms with E-state index in [0.29, 0.717) is 5.56 Å². The topological polar surface area (TPSA) is 49.3 Å². The lowest BCUT2D eigenvalue weighted by Gasteiger charge is -2.10. The second-order valence-corrected chi connectivity index (χ2v) is 4.79. The van der Waals surface area contributed by atoms with Crippen LogP contribution in [0.5, 0.6) is 0 Å². The first kappa shape index (κ1) is 12.1. The number of hydrogen-bond donors (Lipinski definition) is 2. The molecule has 2 rings (SSSR count). The van der Waals surface area contributed by atoms with Crippen LogP contribution in [0.4, 0.5) is 0 Å². The summed E-state index contributed by atoms with van der Waals surface area (Å²) in [7, 11) is 0. The van der Waals surface area contributed by atoms with Crippen LogP contribution in [-0.4, -0.2) is 17.6 Å². The van der Waals surface area contributed by atoms with E-state index in [1.54, 1.807) is 18.2 Å². The molecule has 0 heterocycles. The zero-order valence-electron chi connectivity index (χ0n) is 9.98. The molecule has 0 spiro atoms. The van der Waals surface area contributed by atoms with Gasteiger partial charge < -0.3 is 10.4 Å². The monoisotopic (exact) mass is 233 g/mol. The molecule has 0 aromatic heterocycles. The Morgan fingerprint density at radius 2 is 2.12 bits per heavy atom. The Morgan fingerprint density at radius 1 is 1.35 bits per heavy atom. The maximum Gasteiger partial charge on any atom is 0.335 e. The fourth-order valence-electron chi connectivity index (χ4n) is 2.45. The third-order valence-corrected chi connectivity index (χ3v) is 3.41. The molecule has 3 heteroatoms. The van der Waals surface area contributed by atoms with E-state index in [2.05, 4.69) is 5.32 Å². The van der Waals surface area contributed by atoms with Gasteiger partial charge in [0.15, 0.2) is 0 Å². The van der Waals surface area contributed by atoms with Crippen molar-refractivity contribution in [3.8, 4) is 0 Å². The van der Waals surface area contributed by atoms with Crippen LogP contribution in [0.3, 0.4) is 0 Å². The molecule has 0 atom stereocenters. The molecule has 1 aliphatic rings. The molecule has 2 N–H and O–H groups in total. The normalized spacial score (nSPS) is 16.2. The van der Waals surface area contributed by atoms with Gasteiger partial charge in [-0.1, -0.05) is 25.0 Å². The highest BCUT2D eigenvalue weighted by molar-refractivity contribution is 5.87. The van der Waals surface area contributed by atoms with E-state index in [4.69, 9.17) is 5.11 Å². The maximum absolute atomic E-state index is 10.8. The summed E-state index contributed by atoms with van der Waals surface area (Å²) < 4.78 is 0. The summed E-state index contributed by atoms with van der Waals surface area (Å²) in [5, 5.41) is 12.3. The Bertz CT molecular complexity index is 384. The van der Waals surface area contributed by atoms with Crippen LogP contribution < -0.4 is 5.32 Å². The van der Waals surface area contributed by atoms with Crippen molar-refractivity contribution in [2.45, 2.75) is 32.2 Å². The molecule has 1 saturated carbocycles. The van der Waals surface area contributed by atoms with Crippen LogP contribution in [0.1, 0.15) is 41.6 Å². The number of carbonyl (C=O) groups is 1. The molecule has 17 heavy (non-hydrogen) atoms. The molecule has 1 aliphatic carbocycles. The van der Waals surface area contributed by atoms with Crippen LogP contribution in [0.25, 0.3) is 0 Å². The zero-order valence-corrected chi connectivity index (χ0v) is 9.98. The molecule has 3 nitrogen and oxygen atoms in total. The van der Waals surface area contributed by atoms with Gasteiger partial charge in [-0.2, -0.15) is 0 Å². The van der Waals surface area contributed by atoms with Crippen molar-refractivity contribution in [3.05, 3.63) is 35.4 Å². The Labute approximate surface area is 102 Å². The molecule has 1 aromatic rings. The minimum Gasteiger partial charge on any atom is -0.478 e. The molecule has 0 saturated heterocycles. The predicted molar refractivity (Wildman–Crippen MR) is 67.1 cm³/mol. The lowest BCUT2D eigenvalue weighted by molar-refractivity contribution is 0.0696. The Hall–Kier alpha value is -1.35. The molecular weight excluding hydrogens is 214 g/mol. The summed E-state index contributed by atoms with van der Waals surface area (Å²) in [6, 6.07) is 7.14. The first-order valence-electron chi connectivity index (χ1n) is 6.28. The number of benzene rings is 1. The van der Waals surface area contributed by atoms with Gasteiger partial charge in [0.25, 0.3) is 0 Å². The van der Waals surface area contributed by atoms with Crippen molar-refractivity contribution in [1.29, 1.82) is 0 Å². The van der Waals surface area contributed by atoms with Crippen molar-refractivity contribution in [2.75, 3.05) is 6.54 Å². The fourth-order valence-corrected chi connectivity index (χ4v) is 2.45. The molecule has 1 fully saturated rings. The predicted octanol–water partition coefficient (Wildman–Crippen LogP) is 2.66. The van der Waals surface area contributed by atoms with E-state index in [1.807, 2.05) is 6.07 Å². The lowest BCUT2D eigenvalue weighted by atomic mass is 10.1. The average molecular weight is 233 g/mol. The molecule has 0 radical (unpaired) electrons. The smallest absolute Gasteiger partial charge is 0.335 e. The van der Waals surface area contributed by atoms with Crippen molar-refractivity contribution in [2.24, 2.45) is 5.92 Å². The summed E-state index contributed by atoms with van der Waals surface area (Å²) >= 11 is 0.